The van der Waals surface area contributed by atoms with Crippen molar-refractivity contribution in [1.82, 2.24) is 20.0 Å². The molecular weight excluding hydrogens is 206 g/mol. The van der Waals surface area contributed by atoms with Crippen LogP contribution in [0.3, 0.4) is 0 Å². The molecule has 0 aliphatic rings. The number of anilines is 1. The standard InChI is InChI=1S/C10H15N5O/c1-4-8-9(6-15(3)14-8)11-5-10-13-12-7(2)16-10/h6,11H,4-5H2,1-3H3. The molecule has 0 aliphatic carbocycles. The molecule has 0 bridgehead atoms. The second-order valence-corrected chi connectivity index (χ2v) is 3.59. The van der Waals surface area contributed by atoms with Crippen LogP contribution < -0.4 is 5.32 Å². The number of nitrogens with one attached hydrogen (secondary N) is 1. The first-order valence-corrected chi connectivity index (χ1v) is 5.24. The summed E-state index contributed by atoms with van der Waals surface area (Å²) in [4.78, 5) is 0. The zero-order valence-corrected chi connectivity index (χ0v) is 9.69. The molecule has 0 unspecified atom stereocenters. The monoisotopic (exact) mass is 221 g/mol. The van der Waals surface area contributed by atoms with Gasteiger partial charge in [-0.3, -0.25) is 4.68 Å². The Hall–Kier alpha value is -1.85. The van der Waals surface area contributed by atoms with Crippen molar-refractivity contribution in [1.29, 1.82) is 0 Å². The van der Waals surface area contributed by atoms with E-state index < -0.39 is 0 Å². The van der Waals surface area contributed by atoms with Crippen LogP contribution in [0.2, 0.25) is 0 Å². The SMILES string of the molecule is CCc1nn(C)cc1NCc1nnc(C)o1. The number of nitrogens with zero attached hydrogens (tertiary/aromatic N) is 4. The van der Waals surface area contributed by atoms with Crippen molar-refractivity contribution in [3.05, 3.63) is 23.7 Å². The van der Waals surface area contributed by atoms with Crippen molar-refractivity contribution in [3.63, 3.8) is 0 Å². The van der Waals surface area contributed by atoms with Crippen LogP contribution in [0.15, 0.2) is 10.6 Å². The van der Waals surface area contributed by atoms with Gasteiger partial charge in [0.05, 0.1) is 17.9 Å². The van der Waals surface area contributed by atoms with Gasteiger partial charge in [0.15, 0.2) is 0 Å². The Morgan fingerprint density at radius 3 is 2.88 bits per heavy atom. The highest BCUT2D eigenvalue weighted by Gasteiger charge is 2.07. The van der Waals surface area contributed by atoms with E-state index in [2.05, 4.69) is 27.5 Å². The molecule has 0 spiro atoms. The largest absolute Gasteiger partial charge is 0.424 e. The topological polar surface area (TPSA) is 68.8 Å². The van der Waals surface area contributed by atoms with Gasteiger partial charge < -0.3 is 9.73 Å². The highest BCUT2D eigenvalue weighted by Crippen LogP contribution is 2.14. The molecule has 16 heavy (non-hydrogen) atoms. The Labute approximate surface area is 93.7 Å². The molecule has 0 aromatic carbocycles. The van der Waals surface area contributed by atoms with Crippen LogP contribution in [0.25, 0.3) is 0 Å². The molecule has 0 aliphatic heterocycles. The average molecular weight is 221 g/mol. The summed E-state index contributed by atoms with van der Waals surface area (Å²) in [7, 11) is 1.90. The van der Waals surface area contributed by atoms with E-state index in [4.69, 9.17) is 4.42 Å². The minimum Gasteiger partial charge on any atom is -0.424 e. The zero-order chi connectivity index (χ0) is 11.5. The maximum absolute atomic E-state index is 5.27. The van der Waals surface area contributed by atoms with Crippen LogP contribution in [0.4, 0.5) is 5.69 Å². The fourth-order valence-electron chi connectivity index (χ4n) is 1.52. The first-order valence-electron chi connectivity index (χ1n) is 5.24. The Morgan fingerprint density at radius 2 is 2.25 bits per heavy atom. The summed E-state index contributed by atoms with van der Waals surface area (Å²) in [6, 6.07) is 0. The van der Waals surface area contributed by atoms with Crippen LogP contribution in [-0.2, 0) is 20.0 Å². The second kappa shape index (κ2) is 4.34. The van der Waals surface area contributed by atoms with Crippen LogP contribution in [0.5, 0.6) is 0 Å². The van der Waals surface area contributed by atoms with Crippen LogP contribution in [0.1, 0.15) is 24.4 Å². The quantitative estimate of drug-likeness (QED) is 0.842. The predicted octanol–water partition coefficient (Wildman–Crippen LogP) is 1.29. The second-order valence-electron chi connectivity index (χ2n) is 3.59. The van der Waals surface area contributed by atoms with E-state index in [1.54, 1.807) is 11.6 Å². The van der Waals surface area contributed by atoms with Gasteiger partial charge in [0.2, 0.25) is 11.8 Å². The highest BCUT2D eigenvalue weighted by atomic mass is 16.4. The fourth-order valence-corrected chi connectivity index (χ4v) is 1.52. The molecule has 86 valence electrons. The number of hydrogen-bond donors (Lipinski definition) is 1. The average Bonchev–Trinajstić information content (AvgIpc) is 2.81. The zero-order valence-electron chi connectivity index (χ0n) is 9.69. The lowest BCUT2D eigenvalue weighted by atomic mass is 10.3. The first kappa shape index (κ1) is 10.7. The summed E-state index contributed by atoms with van der Waals surface area (Å²) < 4.78 is 7.07. The molecular formula is C10H15N5O. The maximum Gasteiger partial charge on any atom is 0.235 e. The smallest absolute Gasteiger partial charge is 0.235 e. The summed E-state index contributed by atoms with van der Waals surface area (Å²) in [6.45, 7) is 4.38. The first-order chi connectivity index (χ1) is 7.69. The van der Waals surface area contributed by atoms with E-state index in [1.165, 1.54) is 0 Å². The Morgan fingerprint density at radius 1 is 1.44 bits per heavy atom. The van der Waals surface area contributed by atoms with Gasteiger partial charge in [0.25, 0.3) is 0 Å². The van der Waals surface area contributed by atoms with Gasteiger partial charge in [0.1, 0.15) is 0 Å². The van der Waals surface area contributed by atoms with Gasteiger partial charge in [-0.15, -0.1) is 10.2 Å². The summed E-state index contributed by atoms with van der Waals surface area (Å²) >= 11 is 0. The molecule has 0 saturated heterocycles. The van der Waals surface area contributed by atoms with E-state index in [-0.39, 0.29) is 0 Å². The van der Waals surface area contributed by atoms with Crippen molar-refractivity contribution < 1.29 is 4.42 Å². The number of aryl methyl sites for hydroxylation is 3. The minimum atomic E-state index is 0.527. The lowest BCUT2D eigenvalue weighted by molar-refractivity contribution is 0.475. The molecule has 6 heteroatoms. The molecule has 6 nitrogen and oxygen atoms in total. The molecule has 2 aromatic rings. The molecule has 0 amide bonds. The van der Waals surface area contributed by atoms with Gasteiger partial charge >= 0.3 is 0 Å². The van der Waals surface area contributed by atoms with Crippen molar-refractivity contribution in [2.75, 3.05) is 5.32 Å². The lowest BCUT2D eigenvalue weighted by Crippen LogP contribution is -2.01. The van der Waals surface area contributed by atoms with Crippen molar-refractivity contribution in [3.8, 4) is 0 Å². The van der Waals surface area contributed by atoms with Crippen LogP contribution in [-0.4, -0.2) is 20.0 Å². The molecule has 0 atom stereocenters. The van der Waals surface area contributed by atoms with Crippen molar-refractivity contribution in [2.45, 2.75) is 26.8 Å². The number of rotatable bonds is 4. The van der Waals surface area contributed by atoms with E-state index in [1.807, 2.05) is 13.2 Å². The fraction of sp³-hybridized carbons (Fsp3) is 0.500. The molecule has 2 rings (SSSR count). The lowest BCUT2D eigenvalue weighted by Gasteiger charge is -2.01. The Balaban J connectivity index is 2.04. The number of hydrogen-bond acceptors (Lipinski definition) is 5. The minimum absolute atomic E-state index is 0.527. The predicted molar refractivity (Wildman–Crippen MR) is 58.9 cm³/mol. The van der Waals surface area contributed by atoms with Crippen LogP contribution in [0, 0.1) is 6.92 Å². The highest BCUT2D eigenvalue weighted by molar-refractivity contribution is 5.46. The van der Waals surface area contributed by atoms with E-state index >= 15 is 0 Å². The molecule has 0 radical (unpaired) electrons. The van der Waals surface area contributed by atoms with E-state index in [0.717, 1.165) is 17.8 Å². The summed E-state index contributed by atoms with van der Waals surface area (Å²) in [5, 5.41) is 15.3. The molecule has 1 N–H and O–H groups in total. The summed E-state index contributed by atoms with van der Waals surface area (Å²) in [6.07, 6.45) is 2.84. The molecule has 0 fully saturated rings. The summed E-state index contributed by atoms with van der Waals surface area (Å²) in [5.41, 5.74) is 2.06. The van der Waals surface area contributed by atoms with E-state index in [0.29, 0.717) is 18.3 Å². The van der Waals surface area contributed by atoms with Gasteiger partial charge in [0, 0.05) is 20.2 Å². The van der Waals surface area contributed by atoms with Crippen molar-refractivity contribution in [2.24, 2.45) is 7.05 Å². The van der Waals surface area contributed by atoms with Gasteiger partial charge in [-0.25, -0.2) is 0 Å². The van der Waals surface area contributed by atoms with Gasteiger partial charge in [-0.2, -0.15) is 5.10 Å². The molecule has 2 aromatic heterocycles. The van der Waals surface area contributed by atoms with E-state index in [9.17, 15) is 0 Å². The number of aromatic nitrogens is 4. The molecule has 0 saturated carbocycles. The van der Waals surface area contributed by atoms with Gasteiger partial charge in [-0.1, -0.05) is 6.92 Å². The van der Waals surface area contributed by atoms with Gasteiger partial charge in [-0.05, 0) is 6.42 Å². The molecule has 2 heterocycles. The third-order valence-electron chi connectivity index (χ3n) is 2.24. The third kappa shape index (κ3) is 2.21. The Kier molecular flexibility index (Phi) is 2.89. The third-order valence-corrected chi connectivity index (χ3v) is 2.24. The normalized spacial score (nSPS) is 10.7. The summed E-state index contributed by atoms with van der Waals surface area (Å²) in [5.74, 6) is 1.17. The van der Waals surface area contributed by atoms with Crippen molar-refractivity contribution >= 4 is 5.69 Å². The Bertz CT molecular complexity index is 473. The maximum atomic E-state index is 5.27. The van der Waals surface area contributed by atoms with Crippen LogP contribution >= 0.6 is 0 Å².